The normalized spacial score (nSPS) is 16.1. The van der Waals surface area contributed by atoms with Crippen LogP contribution in [0, 0.1) is 14.1 Å². The summed E-state index contributed by atoms with van der Waals surface area (Å²) in [6, 6.07) is 7.54. The summed E-state index contributed by atoms with van der Waals surface area (Å²) < 4.78 is 2.02. The predicted octanol–water partition coefficient (Wildman–Crippen LogP) is 4.34. The Kier molecular flexibility index (Phi) is 5.91. The van der Waals surface area contributed by atoms with Crippen molar-refractivity contribution in [2.45, 2.75) is 6.92 Å². The highest BCUT2D eigenvalue weighted by Gasteiger charge is 2.37. The molecule has 0 spiro atoms. The molecule has 138 valence electrons. The molecule has 1 saturated heterocycles. The Morgan fingerprint density at radius 2 is 1.74 bits per heavy atom. The van der Waals surface area contributed by atoms with E-state index in [-0.39, 0.29) is 11.3 Å². The van der Waals surface area contributed by atoms with Gasteiger partial charge in [0.2, 0.25) is 0 Å². The molecule has 27 heavy (non-hydrogen) atoms. The molecule has 4 amide bonds. The number of anilines is 1. The summed E-state index contributed by atoms with van der Waals surface area (Å²) in [5.74, 6) is -1.32. The van der Waals surface area contributed by atoms with Gasteiger partial charge in [0.25, 0.3) is 11.8 Å². The number of barbiturate groups is 1. The van der Waals surface area contributed by atoms with Gasteiger partial charge in [0.05, 0.1) is 12.8 Å². The maximum absolute atomic E-state index is 12.9. The van der Waals surface area contributed by atoms with Gasteiger partial charge in [-0.05, 0) is 99.6 Å². The highest BCUT2D eigenvalue weighted by atomic mass is 127. The van der Waals surface area contributed by atoms with Crippen molar-refractivity contribution in [1.29, 1.82) is 0 Å². The van der Waals surface area contributed by atoms with E-state index in [0.29, 0.717) is 18.4 Å². The molecule has 1 aliphatic rings. The first kappa shape index (κ1) is 20.3. The molecule has 2 N–H and O–H groups in total. The smallest absolute Gasteiger partial charge is 0.335 e. The van der Waals surface area contributed by atoms with E-state index in [4.69, 9.17) is 0 Å². The topological polar surface area (TPSA) is 86.7 Å². The quantitative estimate of drug-likeness (QED) is 0.287. The number of aromatic hydroxyl groups is 1. The lowest BCUT2D eigenvalue weighted by atomic mass is 10.1. The summed E-state index contributed by atoms with van der Waals surface area (Å²) >= 11 is 7.31. The summed E-state index contributed by atoms with van der Waals surface area (Å²) in [7, 11) is 0. The van der Waals surface area contributed by atoms with Gasteiger partial charge >= 0.3 is 6.03 Å². The molecule has 9 heteroatoms. The number of carbonyl (C=O) groups excluding carboxylic acids is 3. The van der Waals surface area contributed by atoms with Crippen LogP contribution < -0.4 is 10.2 Å². The lowest BCUT2D eigenvalue weighted by Gasteiger charge is -2.26. The van der Waals surface area contributed by atoms with Crippen molar-refractivity contribution in [2.75, 3.05) is 4.90 Å². The lowest BCUT2D eigenvalue weighted by molar-refractivity contribution is -0.122. The summed E-state index contributed by atoms with van der Waals surface area (Å²) in [6.07, 6.45) is 1.41. The van der Waals surface area contributed by atoms with Crippen molar-refractivity contribution < 1.29 is 19.5 Å². The van der Waals surface area contributed by atoms with Crippen LogP contribution in [0.3, 0.4) is 0 Å². The standard InChI is InChI=1S/C18H11BrI2N2O4/c1-8-4-10(2-3-12(8)19)23-17(26)11(16(25)22-18(23)27)5-9-6-13(20)15(24)14(21)7-9/h2-7,24H,1H3,(H,22,25,27)/b11-5+. The summed E-state index contributed by atoms with van der Waals surface area (Å²) in [6.45, 7) is 1.84. The Morgan fingerprint density at radius 3 is 2.33 bits per heavy atom. The molecule has 1 heterocycles. The zero-order chi connectivity index (χ0) is 19.9. The minimum absolute atomic E-state index is 0.139. The number of urea groups is 1. The summed E-state index contributed by atoms with van der Waals surface area (Å²) in [5.41, 5.74) is 1.62. The average molecular weight is 653 g/mol. The number of amides is 4. The van der Waals surface area contributed by atoms with Crippen molar-refractivity contribution in [3.63, 3.8) is 0 Å². The number of hydrogen-bond acceptors (Lipinski definition) is 4. The zero-order valence-corrected chi connectivity index (χ0v) is 19.6. The molecule has 0 bridgehead atoms. The number of nitrogens with one attached hydrogen (secondary N) is 1. The van der Waals surface area contributed by atoms with Crippen LogP contribution in [0.1, 0.15) is 11.1 Å². The van der Waals surface area contributed by atoms with Crippen molar-refractivity contribution in [3.8, 4) is 5.75 Å². The zero-order valence-electron chi connectivity index (χ0n) is 13.7. The van der Waals surface area contributed by atoms with Gasteiger partial charge in [-0.3, -0.25) is 14.9 Å². The molecule has 0 aromatic heterocycles. The van der Waals surface area contributed by atoms with Gasteiger partial charge in [0, 0.05) is 4.47 Å². The van der Waals surface area contributed by atoms with E-state index in [0.717, 1.165) is 14.9 Å². The van der Waals surface area contributed by atoms with Gasteiger partial charge in [-0.1, -0.05) is 15.9 Å². The number of benzene rings is 2. The van der Waals surface area contributed by atoms with E-state index in [1.807, 2.05) is 52.1 Å². The van der Waals surface area contributed by atoms with Gasteiger partial charge < -0.3 is 5.11 Å². The molecule has 1 aliphatic heterocycles. The number of aryl methyl sites for hydroxylation is 1. The first-order valence-electron chi connectivity index (χ1n) is 7.54. The van der Waals surface area contributed by atoms with Crippen LogP contribution in [0.25, 0.3) is 6.08 Å². The molecule has 2 aromatic rings. The van der Waals surface area contributed by atoms with Crippen molar-refractivity contribution in [3.05, 3.63) is 58.6 Å². The van der Waals surface area contributed by atoms with E-state index in [9.17, 15) is 19.5 Å². The maximum Gasteiger partial charge on any atom is 0.335 e. The van der Waals surface area contributed by atoms with Gasteiger partial charge in [0.1, 0.15) is 11.3 Å². The number of halogens is 3. The number of hydrogen-bond donors (Lipinski definition) is 2. The first-order valence-corrected chi connectivity index (χ1v) is 10.5. The van der Waals surface area contributed by atoms with Gasteiger partial charge in [-0.25, -0.2) is 9.69 Å². The molecule has 6 nitrogen and oxygen atoms in total. The van der Waals surface area contributed by atoms with Crippen LogP contribution in [0.5, 0.6) is 5.75 Å². The highest BCUT2D eigenvalue weighted by molar-refractivity contribution is 14.1. The molecule has 2 aromatic carbocycles. The van der Waals surface area contributed by atoms with Crippen LogP contribution in [-0.4, -0.2) is 23.0 Å². The first-order chi connectivity index (χ1) is 12.7. The maximum atomic E-state index is 12.9. The SMILES string of the molecule is Cc1cc(N2C(=O)NC(=O)/C(=C\c3cc(I)c(O)c(I)c3)C2=O)ccc1Br. The molecular formula is C18H11BrI2N2O4. The van der Waals surface area contributed by atoms with Gasteiger partial charge in [-0.15, -0.1) is 0 Å². The number of rotatable bonds is 2. The molecule has 1 fully saturated rings. The number of imide groups is 2. The fourth-order valence-electron chi connectivity index (χ4n) is 2.50. The molecule has 3 rings (SSSR count). The predicted molar refractivity (Wildman–Crippen MR) is 121 cm³/mol. The Morgan fingerprint density at radius 1 is 1.11 bits per heavy atom. The number of phenolic OH excluding ortho intramolecular Hbond substituents is 1. The lowest BCUT2D eigenvalue weighted by Crippen LogP contribution is -2.54. The molecule has 0 unspecified atom stereocenters. The van der Waals surface area contributed by atoms with Crippen LogP contribution >= 0.6 is 61.1 Å². The number of nitrogens with zero attached hydrogens (tertiary/aromatic N) is 1. The molecule has 0 atom stereocenters. The van der Waals surface area contributed by atoms with Crippen molar-refractivity contribution >= 4 is 90.7 Å². The summed E-state index contributed by atoms with van der Waals surface area (Å²) in [5, 5.41) is 12.1. The largest absolute Gasteiger partial charge is 0.506 e. The fourth-order valence-corrected chi connectivity index (χ4v) is 4.56. The number of carbonyl (C=O) groups is 3. The van der Waals surface area contributed by atoms with E-state index in [2.05, 4.69) is 21.2 Å². The Labute approximate surface area is 190 Å². The van der Waals surface area contributed by atoms with E-state index < -0.39 is 17.8 Å². The van der Waals surface area contributed by atoms with E-state index >= 15 is 0 Å². The second-order valence-corrected chi connectivity index (χ2v) is 8.90. The monoisotopic (exact) mass is 652 g/mol. The van der Waals surface area contributed by atoms with E-state index in [1.165, 1.54) is 6.08 Å². The van der Waals surface area contributed by atoms with Crippen molar-refractivity contribution in [2.24, 2.45) is 0 Å². The van der Waals surface area contributed by atoms with Crippen LogP contribution in [-0.2, 0) is 9.59 Å². The van der Waals surface area contributed by atoms with Crippen molar-refractivity contribution in [1.82, 2.24) is 5.32 Å². The highest BCUT2D eigenvalue weighted by Crippen LogP contribution is 2.30. The molecular weight excluding hydrogens is 642 g/mol. The minimum atomic E-state index is -0.793. The fraction of sp³-hybridized carbons (Fsp3) is 0.0556. The Balaban J connectivity index is 2.06. The van der Waals surface area contributed by atoms with Gasteiger partial charge in [0.15, 0.2) is 0 Å². The Hall–Kier alpha value is -1.47. The number of phenols is 1. The second kappa shape index (κ2) is 7.87. The minimum Gasteiger partial charge on any atom is -0.506 e. The summed E-state index contributed by atoms with van der Waals surface area (Å²) in [4.78, 5) is 38.3. The third-order valence-electron chi connectivity index (χ3n) is 3.85. The van der Waals surface area contributed by atoms with Gasteiger partial charge in [-0.2, -0.15) is 0 Å². The van der Waals surface area contributed by atoms with Crippen LogP contribution in [0.2, 0.25) is 0 Å². The molecule has 0 saturated carbocycles. The van der Waals surface area contributed by atoms with Crippen LogP contribution in [0.15, 0.2) is 40.4 Å². The molecule has 0 aliphatic carbocycles. The molecule has 0 radical (unpaired) electrons. The third kappa shape index (κ3) is 4.04. The van der Waals surface area contributed by atoms with E-state index in [1.54, 1.807) is 30.3 Å². The average Bonchev–Trinajstić information content (AvgIpc) is 2.59. The third-order valence-corrected chi connectivity index (χ3v) is 6.39. The second-order valence-electron chi connectivity index (χ2n) is 5.72. The Bertz CT molecular complexity index is 1010. The van der Waals surface area contributed by atoms with Crippen LogP contribution in [0.4, 0.5) is 10.5 Å².